The molecule has 2 rings (SSSR count). The number of aliphatic carboxylic acids is 1. The zero-order chi connectivity index (χ0) is 10.8. The lowest BCUT2D eigenvalue weighted by atomic mass is 9.91. The van der Waals surface area contributed by atoms with E-state index in [9.17, 15) is 4.79 Å². The molecule has 3 nitrogen and oxygen atoms in total. The van der Waals surface area contributed by atoms with Crippen molar-refractivity contribution in [1.29, 1.82) is 0 Å². The Morgan fingerprint density at radius 2 is 2.33 bits per heavy atom. The number of anilines is 1. The predicted octanol–water partition coefficient (Wildman–Crippen LogP) is 2.31. The summed E-state index contributed by atoms with van der Waals surface area (Å²) in [4.78, 5) is 10.8. The van der Waals surface area contributed by atoms with Gasteiger partial charge in [-0.3, -0.25) is 4.79 Å². The van der Waals surface area contributed by atoms with E-state index >= 15 is 0 Å². The van der Waals surface area contributed by atoms with Crippen LogP contribution in [-0.4, -0.2) is 17.6 Å². The summed E-state index contributed by atoms with van der Waals surface area (Å²) in [5, 5.41) is 12.2. The number of carboxylic acid groups (broad SMARTS) is 1. The highest BCUT2D eigenvalue weighted by Crippen LogP contribution is 2.35. The molecular formula is C12H15NO2. The molecule has 3 heteroatoms. The molecule has 1 aliphatic heterocycles. The highest BCUT2D eigenvalue weighted by molar-refractivity contribution is 5.70. The molecule has 1 aromatic carbocycles. The average Bonchev–Trinajstić information content (AvgIpc) is 2.62. The van der Waals surface area contributed by atoms with E-state index in [0.29, 0.717) is 12.3 Å². The third-order valence-electron chi connectivity index (χ3n) is 3.00. The van der Waals surface area contributed by atoms with Crippen LogP contribution in [-0.2, 0) is 4.79 Å². The predicted molar refractivity (Wildman–Crippen MR) is 59.1 cm³/mol. The monoisotopic (exact) mass is 205 g/mol. The molecule has 15 heavy (non-hydrogen) atoms. The Hall–Kier alpha value is -1.51. The van der Waals surface area contributed by atoms with Gasteiger partial charge in [-0.2, -0.15) is 0 Å². The summed E-state index contributed by atoms with van der Waals surface area (Å²) < 4.78 is 0. The van der Waals surface area contributed by atoms with Crippen molar-refractivity contribution in [3.8, 4) is 0 Å². The van der Waals surface area contributed by atoms with Gasteiger partial charge in [0.05, 0.1) is 5.92 Å². The van der Waals surface area contributed by atoms with Crippen molar-refractivity contribution >= 4 is 11.7 Å². The maximum atomic E-state index is 10.8. The van der Waals surface area contributed by atoms with E-state index in [4.69, 9.17) is 5.11 Å². The zero-order valence-corrected chi connectivity index (χ0v) is 8.73. The number of hydrogen-bond donors (Lipinski definition) is 2. The molecular weight excluding hydrogens is 190 g/mol. The van der Waals surface area contributed by atoms with Gasteiger partial charge >= 0.3 is 5.97 Å². The van der Waals surface area contributed by atoms with E-state index in [1.165, 1.54) is 5.56 Å². The molecule has 0 spiro atoms. The van der Waals surface area contributed by atoms with E-state index in [1.807, 2.05) is 18.2 Å². The van der Waals surface area contributed by atoms with Crippen LogP contribution in [0, 0.1) is 5.92 Å². The summed E-state index contributed by atoms with van der Waals surface area (Å²) in [5.41, 5.74) is 2.41. The van der Waals surface area contributed by atoms with E-state index in [-0.39, 0.29) is 5.92 Å². The van der Waals surface area contributed by atoms with Crippen LogP contribution in [0.4, 0.5) is 5.69 Å². The molecule has 0 radical (unpaired) electrons. The van der Waals surface area contributed by atoms with Crippen molar-refractivity contribution in [3.05, 3.63) is 29.8 Å². The summed E-state index contributed by atoms with van der Waals surface area (Å²) in [6.45, 7) is 2.63. The van der Waals surface area contributed by atoms with Crippen molar-refractivity contribution in [3.63, 3.8) is 0 Å². The van der Waals surface area contributed by atoms with Crippen LogP contribution in [0.3, 0.4) is 0 Å². The fourth-order valence-corrected chi connectivity index (χ4v) is 2.09. The average molecular weight is 205 g/mol. The maximum absolute atomic E-state index is 10.8. The first-order valence-corrected chi connectivity index (χ1v) is 5.24. The van der Waals surface area contributed by atoms with Crippen LogP contribution in [0.5, 0.6) is 0 Å². The molecule has 0 aromatic heterocycles. The van der Waals surface area contributed by atoms with Crippen molar-refractivity contribution < 1.29 is 9.90 Å². The van der Waals surface area contributed by atoms with Crippen molar-refractivity contribution in [2.45, 2.75) is 19.3 Å². The molecule has 0 amide bonds. The first-order chi connectivity index (χ1) is 7.18. The molecule has 0 saturated carbocycles. The van der Waals surface area contributed by atoms with Crippen LogP contribution in [0.15, 0.2) is 24.3 Å². The number of benzene rings is 1. The first-order valence-electron chi connectivity index (χ1n) is 5.24. The number of nitrogens with one attached hydrogen (secondary N) is 1. The van der Waals surface area contributed by atoms with Crippen LogP contribution >= 0.6 is 0 Å². The van der Waals surface area contributed by atoms with Crippen LogP contribution in [0.2, 0.25) is 0 Å². The Balaban J connectivity index is 2.11. The number of para-hydroxylation sites is 1. The normalized spacial score (nSPS) is 20.5. The molecule has 2 unspecified atom stereocenters. The summed E-state index contributed by atoms with van der Waals surface area (Å²) in [7, 11) is 0. The van der Waals surface area contributed by atoms with Gasteiger partial charge in [0.2, 0.25) is 0 Å². The van der Waals surface area contributed by atoms with Gasteiger partial charge in [0.1, 0.15) is 0 Å². The third kappa shape index (κ3) is 1.96. The topological polar surface area (TPSA) is 49.3 Å². The number of carboxylic acids is 1. The van der Waals surface area contributed by atoms with Gasteiger partial charge in [-0.05, 0) is 18.1 Å². The molecule has 1 aliphatic rings. The van der Waals surface area contributed by atoms with Crippen molar-refractivity contribution in [1.82, 2.24) is 0 Å². The first kappa shape index (κ1) is 10.0. The molecule has 2 atom stereocenters. The fraction of sp³-hybridized carbons (Fsp3) is 0.417. The fourth-order valence-electron chi connectivity index (χ4n) is 2.09. The van der Waals surface area contributed by atoms with E-state index in [2.05, 4.69) is 11.4 Å². The summed E-state index contributed by atoms with van der Waals surface area (Å²) in [6, 6.07) is 8.12. The molecule has 1 aromatic rings. The van der Waals surface area contributed by atoms with Crippen LogP contribution in [0.25, 0.3) is 0 Å². The number of fused-ring (bicyclic) bond motifs is 1. The van der Waals surface area contributed by atoms with Gasteiger partial charge < -0.3 is 10.4 Å². The third-order valence-corrected chi connectivity index (χ3v) is 3.00. The summed E-state index contributed by atoms with van der Waals surface area (Å²) in [6.07, 6.45) is 0.708. The Labute approximate surface area is 89.1 Å². The minimum Gasteiger partial charge on any atom is -0.481 e. The van der Waals surface area contributed by atoms with Crippen molar-refractivity contribution in [2.24, 2.45) is 5.92 Å². The second-order valence-electron chi connectivity index (χ2n) is 4.14. The molecule has 0 bridgehead atoms. The van der Waals surface area contributed by atoms with Crippen molar-refractivity contribution in [2.75, 3.05) is 11.9 Å². The Morgan fingerprint density at radius 1 is 1.60 bits per heavy atom. The number of hydrogen-bond acceptors (Lipinski definition) is 2. The minimum atomic E-state index is -0.709. The largest absolute Gasteiger partial charge is 0.481 e. The Bertz CT molecular complexity index is 376. The second kappa shape index (κ2) is 3.93. The lowest BCUT2D eigenvalue weighted by Crippen LogP contribution is -2.14. The highest BCUT2D eigenvalue weighted by atomic mass is 16.4. The summed E-state index contributed by atoms with van der Waals surface area (Å²) >= 11 is 0. The standard InChI is InChI=1S/C12H15NO2/c1-8(12(14)15)6-9-7-13-11-5-3-2-4-10(9)11/h2-5,8-9,13H,6-7H2,1H3,(H,14,15). The van der Waals surface area contributed by atoms with Crippen LogP contribution in [0.1, 0.15) is 24.8 Å². The SMILES string of the molecule is CC(CC1CNc2ccccc21)C(=O)O. The zero-order valence-electron chi connectivity index (χ0n) is 8.73. The summed E-state index contributed by atoms with van der Waals surface area (Å²) in [5.74, 6) is -0.644. The molecule has 0 fully saturated rings. The van der Waals surface area contributed by atoms with Gasteiger partial charge in [-0.25, -0.2) is 0 Å². The van der Waals surface area contributed by atoms with E-state index < -0.39 is 5.97 Å². The van der Waals surface area contributed by atoms with E-state index in [0.717, 1.165) is 12.2 Å². The molecule has 1 heterocycles. The van der Waals surface area contributed by atoms with Gasteiger partial charge in [0.15, 0.2) is 0 Å². The smallest absolute Gasteiger partial charge is 0.306 e. The van der Waals surface area contributed by atoms with Gasteiger partial charge in [0, 0.05) is 18.2 Å². The Kier molecular flexibility index (Phi) is 2.62. The van der Waals surface area contributed by atoms with E-state index in [1.54, 1.807) is 6.92 Å². The second-order valence-corrected chi connectivity index (χ2v) is 4.14. The minimum absolute atomic E-state index is 0.275. The quantitative estimate of drug-likeness (QED) is 0.796. The highest BCUT2D eigenvalue weighted by Gasteiger charge is 2.25. The lowest BCUT2D eigenvalue weighted by molar-refractivity contribution is -0.141. The number of rotatable bonds is 3. The molecule has 0 aliphatic carbocycles. The lowest BCUT2D eigenvalue weighted by Gasteiger charge is -2.12. The van der Waals surface area contributed by atoms with Gasteiger partial charge in [-0.1, -0.05) is 25.1 Å². The number of carbonyl (C=O) groups is 1. The molecule has 80 valence electrons. The van der Waals surface area contributed by atoms with Gasteiger partial charge in [0.25, 0.3) is 0 Å². The Morgan fingerprint density at radius 3 is 3.07 bits per heavy atom. The molecule has 2 N–H and O–H groups in total. The molecule has 0 saturated heterocycles. The van der Waals surface area contributed by atoms with Crippen LogP contribution < -0.4 is 5.32 Å². The maximum Gasteiger partial charge on any atom is 0.306 e. The van der Waals surface area contributed by atoms with Gasteiger partial charge in [-0.15, -0.1) is 0 Å².